The highest BCUT2D eigenvalue weighted by atomic mass is 19.1. The lowest BCUT2D eigenvalue weighted by Crippen LogP contribution is -2.58. The fraction of sp³-hybridized carbons (Fsp3) is 0.463. The summed E-state index contributed by atoms with van der Waals surface area (Å²) in [6.07, 6.45) is 3.48. The normalized spacial score (nSPS) is 19.6. The predicted molar refractivity (Wildman–Crippen MR) is 265 cm³/mol. The summed E-state index contributed by atoms with van der Waals surface area (Å²) in [4.78, 5) is 73.4. The molecule has 0 saturated carbocycles. The molecule has 2 atom stereocenters. The lowest BCUT2D eigenvalue weighted by molar-refractivity contribution is -0.154. The number of phenolic OH excluding ortho intramolecular Hbond substituents is 1. The van der Waals surface area contributed by atoms with Gasteiger partial charge in [0.05, 0.1) is 12.3 Å². The van der Waals surface area contributed by atoms with Gasteiger partial charge in [-0.2, -0.15) is 0 Å². The van der Waals surface area contributed by atoms with Crippen LogP contribution in [-0.2, 0) is 54.6 Å². The molecule has 7 rings (SSSR count). The molecular formula is C54H68FN7O7. The molecule has 6 bridgehead atoms. The first-order valence-corrected chi connectivity index (χ1v) is 24.1. The zero-order valence-corrected chi connectivity index (χ0v) is 41.4. The fourth-order valence-corrected chi connectivity index (χ4v) is 10.2. The molecule has 0 aliphatic carbocycles. The van der Waals surface area contributed by atoms with Crippen molar-refractivity contribution in [2.45, 2.75) is 104 Å². The van der Waals surface area contributed by atoms with Crippen molar-refractivity contribution in [2.24, 2.45) is 11.3 Å². The smallest absolute Gasteiger partial charge is 0.324 e. The van der Waals surface area contributed by atoms with Crippen LogP contribution in [0, 0.1) is 11.3 Å². The molecule has 2 saturated heterocycles. The Bertz CT molecular complexity index is 2660. The highest BCUT2D eigenvalue weighted by molar-refractivity contribution is 5.97. The minimum Gasteiger partial charge on any atom is -0.508 e. The van der Waals surface area contributed by atoms with Crippen LogP contribution in [0.1, 0.15) is 77.0 Å². The van der Waals surface area contributed by atoms with Gasteiger partial charge in [0.2, 0.25) is 11.8 Å². The van der Waals surface area contributed by atoms with Crippen LogP contribution in [0.2, 0.25) is 0 Å². The number of aromatic nitrogens is 1. The number of fused-ring (bicyclic) bond motifs is 6. The molecule has 4 amide bonds. The van der Waals surface area contributed by atoms with E-state index in [0.29, 0.717) is 31.4 Å². The highest BCUT2D eigenvalue weighted by Gasteiger charge is 2.47. The third-order valence-electron chi connectivity index (χ3n) is 13.7. The van der Waals surface area contributed by atoms with Gasteiger partial charge in [-0.3, -0.25) is 29.0 Å². The number of cyclic esters (lactones) is 1. The lowest BCUT2D eigenvalue weighted by Gasteiger charge is -2.39. The van der Waals surface area contributed by atoms with Crippen molar-refractivity contribution in [3.05, 3.63) is 102 Å². The number of likely N-dealkylation sites (tertiary alicyclic amines) is 1. The van der Waals surface area contributed by atoms with Gasteiger partial charge in [-0.05, 0) is 104 Å². The van der Waals surface area contributed by atoms with Crippen molar-refractivity contribution in [3.63, 3.8) is 0 Å². The molecule has 0 radical (unpaired) electrons. The van der Waals surface area contributed by atoms with Crippen molar-refractivity contribution in [1.29, 1.82) is 0 Å². The molecule has 2 fully saturated rings. The number of halogens is 1. The minimum absolute atomic E-state index is 0.0163. The van der Waals surface area contributed by atoms with E-state index >= 15 is 4.39 Å². The van der Waals surface area contributed by atoms with Crippen LogP contribution in [-0.4, -0.2) is 124 Å². The quantitative estimate of drug-likeness (QED) is 0.113. The molecule has 69 heavy (non-hydrogen) atoms. The number of nitrogens with one attached hydrogen (secondary N) is 2. The Morgan fingerprint density at radius 2 is 1.74 bits per heavy atom. The monoisotopic (exact) mass is 946 g/mol. The van der Waals surface area contributed by atoms with E-state index in [1.807, 2.05) is 12.1 Å². The van der Waals surface area contributed by atoms with Gasteiger partial charge < -0.3 is 34.4 Å². The Labute approximate surface area is 405 Å². The first-order valence-electron chi connectivity index (χ1n) is 24.1. The van der Waals surface area contributed by atoms with Gasteiger partial charge in [0.15, 0.2) is 5.67 Å². The number of hydrogen-bond donors (Lipinski definition) is 3. The van der Waals surface area contributed by atoms with Crippen LogP contribution in [0.3, 0.4) is 0 Å². The topological polar surface area (TPSA) is 157 Å². The predicted octanol–water partition coefficient (Wildman–Crippen LogP) is 6.93. The summed E-state index contributed by atoms with van der Waals surface area (Å²) < 4.78 is 24.8. The number of benzene rings is 3. The number of piperidine rings is 1. The SMILES string of the molecule is C=CC(=O)N1CCC(F)(C(=O)N(C)[C@H](C(=O)N/C=C2\Cc3cc(O)cc(c3)-c3ccc4c(c3)c(c(-c3ccccc3CN(C)C)n4CC)CC(C)(C)COC(=O)[C@@H]3CCCN(N3)C2=O)C(C)C)CC1. The third-order valence-corrected chi connectivity index (χ3v) is 13.7. The van der Waals surface area contributed by atoms with Gasteiger partial charge in [-0.1, -0.05) is 70.7 Å². The van der Waals surface area contributed by atoms with Crippen molar-refractivity contribution in [1.82, 2.24) is 35.0 Å². The first kappa shape index (κ1) is 50.6. The summed E-state index contributed by atoms with van der Waals surface area (Å²) in [5.41, 5.74) is 8.14. The largest absolute Gasteiger partial charge is 0.508 e. The number of ether oxygens (including phenoxy) is 1. The molecule has 0 unspecified atom stereocenters. The van der Waals surface area contributed by atoms with E-state index in [1.165, 1.54) is 28.7 Å². The summed E-state index contributed by atoms with van der Waals surface area (Å²) in [7, 11) is 5.50. The van der Waals surface area contributed by atoms with Crippen LogP contribution < -0.4 is 10.7 Å². The summed E-state index contributed by atoms with van der Waals surface area (Å²) >= 11 is 0. The Balaban J connectivity index is 1.29. The molecule has 3 aliphatic heterocycles. The number of likely N-dealkylation sites (N-methyl/N-ethyl adjacent to an activating group) is 1. The van der Waals surface area contributed by atoms with Crippen LogP contribution in [0.5, 0.6) is 5.75 Å². The molecule has 4 aromatic rings. The number of carbonyl (C=O) groups is 5. The van der Waals surface area contributed by atoms with Crippen molar-refractivity contribution >= 4 is 40.5 Å². The second-order valence-electron chi connectivity index (χ2n) is 20.3. The average Bonchev–Trinajstić information content (AvgIpc) is 3.62. The van der Waals surface area contributed by atoms with E-state index in [1.54, 1.807) is 26.0 Å². The number of hydrazine groups is 1. The number of esters is 1. The van der Waals surface area contributed by atoms with Gasteiger partial charge in [0.25, 0.3) is 11.8 Å². The number of rotatable bonds is 10. The highest BCUT2D eigenvalue weighted by Crippen LogP contribution is 2.42. The number of phenols is 1. The van der Waals surface area contributed by atoms with E-state index in [2.05, 4.69) is 98.1 Å². The maximum absolute atomic E-state index is 16.3. The molecule has 15 heteroatoms. The van der Waals surface area contributed by atoms with Crippen LogP contribution >= 0.6 is 0 Å². The molecule has 0 spiro atoms. The standard InChI is InChI=1S/C54H68FN7O7/c1-10-46(64)60-23-20-54(55,21-24-60)52(68)59(9)47(34(3)4)49(65)56-31-39-26-35-25-38(28-40(63)27-35)36-18-19-45-42(29-36)43(48(61(45)11-2)41-16-13-12-15-37(41)32-58(7)8)30-53(5,6)33-69-51(67)44-17-14-22-62(57-44)50(39)66/h10,12-13,15-16,18-19,25,27-29,31,34,44,47,57,63H,1,11,14,17,20-24,26,30,32-33H2,2-9H3,(H,56,65)/b39-31+/t44-,47-/m0/s1. The van der Waals surface area contributed by atoms with Crippen molar-refractivity contribution < 1.29 is 38.2 Å². The second kappa shape index (κ2) is 20.7. The number of alkyl halides is 1. The van der Waals surface area contributed by atoms with E-state index < -0.39 is 52.8 Å². The van der Waals surface area contributed by atoms with Gasteiger partial charge in [0.1, 0.15) is 17.8 Å². The second-order valence-corrected chi connectivity index (χ2v) is 20.3. The summed E-state index contributed by atoms with van der Waals surface area (Å²) in [5.74, 6) is -3.32. The Morgan fingerprint density at radius 3 is 2.42 bits per heavy atom. The molecule has 3 aliphatic rings. The van der Waals surface area contributed by atoms with E-state index in [0.717, 1.165) is 56.4 Å². The van der Waals surface area contributed by atoms with Gasteiger partial charge in [0, 0.05) is 92.7 Å². The molecule has 14 nitrogen and oxygen atoms in total. The number of aromatic hydroxyl groups is 1. The molecule has 3 N–H and O–H groups in total. The van der Waals surface area contributed by atoms with Gasteiger partial charge in [-0.25, -0.2) is 9.82 Å². The van der Waals surface area contributed by atoms with Crippen LogP contribution in [0.25, 0.3) is 33.3 Å². The zero-order valence-electron chi connectivity index (χ0n) is 41.4. The van der Waals surface area contributed by atoms with Crippen molar-refractivity contribution in [2.75, 3.05) is 47.4 Å². The number of nitrogens with zero attached hydrogens (tertiary/aromatic N) is 5. The maximum atomic E-state index is 16.3. The van der Waals surface area contributed by atoms with Gasteiger partial charge in [-0.15, -0.1) is 0 Å². The third kappa shape index (κ3) is 10.9. The van der Waals surface area contributed by atoms with E-state index in [9.17, 15) is 29.1 Å². The molecule has 1 aromatic heterocycles. The number of amides is 4. The molecule has 4 heterocycles. The van der Waals surface area contributed by atoms with Crippen LogP contribution in [0.15, 0.2) is 85.1 Å². The molecule has 3 aromatic carbocycles. The Morgan fingerprint density at radius 1 is 1.01 bits per heavy atom. The maximum Gasteiger partial charge on any atom is 0.324 e. The van der Waals surface area contributed by atoms with Crippen LogP contribution in [0.4, 0.5) is 4.39 Å². The molecule has 368 valence electrons. The molecular weight excluding hydrogens is 878 g/mol. The summed E-state index contributed by atoms with van der Waals surface area (Å²) in [6, 6.07) is 18.0. The summed E-state index contributed by atoms with van der Waals surface area (Å²) in [6.45, 7) is 15.2. The Kier molecular flexibility index (Phi) is 15.2. The average molecular weight is 946 g/mol. The van der Waals surface area contributed by atoms with Gasteiger partial charge >= 0.3 is 5.97 Å². The number of carbonyl (C=O) groups excluding carboxylic acids is 5. The van der Waals surface area contributed by atoms with E-state index in [-0.39, 0.29) is 62.7 Å². The van der Waals surface area contributed by atoms with Crippen molar-refractivity contribution in [3.8, 4) is 28.1 Å². The number of hydrogen-bond acceptors (Lipinski definition) is 9. The fourth-order valence-electron chi connectivity index (χ4n) is 10.2. The van der Waals surface area contributed by atoms with E-state index in [4.69, 9.17) is 4.74 Å². The zero-order chi connectivity index (χ0) is 49.9. The Hall–Kier alpha value is -6.32. The number of aryl methyl sites for hydroxylation is 1. The first-order chi connectivity index (χ1) is 32.7. The lowest BCUT2D eigenvalue weighted by atomic mass is 9.84. The minimum atomic E-state index is -2.29. The summed E-state index contributed by atoms with van der Waals surface area (Å²) in [5, 5.41) is 16.5.